The van der Waals surface area contributed by atoms with E-state index in [9.17, 15) is 8.42 Å². The zero-order valence-corrected chi connectivity index (χ0v) is 16.9. The lowest BCUT2D eigenvalue weighted by atomic mass is 9.97. The summed E-state index contributed by atoms with van der Waals surface area (Å²) in [6.07, 6.45) is 5.53. The van der Waals surface area contributed by atoms with Crippen LogP contribution >= 0.6 is 0 Å². The number of hydrogen-bond donors (Lipinski definition) is 2. The van der Waals surface area contributed by atoms with Crippen LogP contribution in [0.15, 0.2) is 70.9 Å². The Bertz CT molecular complexity index is 1290. The van der Waals surface area contributed by atoms with E-state index in [0.29, 0.717) is 23.6 Å². The predicted molar refractivity (Wildman–Crippen MR) is 115 cm³/mol. The number of nitrogens with two attached hydrogens (primary N) is 2. The van der Waals surface area contributed by atoms with Crippen LogP contribution in [0.2, 0.25) is 0 Å². The molecular weight excluding hydrogens is 402 g/mol. The molecule has 3 aromatic rings. The minimum Gasteiger partial charge on any atom is -0.493 e. The molecule has 9 heteroatoms. The number of sulfonamides is 1. The summed E-state index contributed by atoms with van der Waals surface area (Å²) < 4.78 is 28.8. The number of anilines is 1. The van der Waals surface area contributed by atoms with Gasteiger partial charge < -0.3 is 10.5 Å². The number of hydrogen-bond acceptors (Lipinski definition) is 7. The highest BCUT2D eigenvalue weighted by atomic mass is 32.2. The Morgan fingerprint density at radius 2 is 1.80 bits per heavy atom. The van der Waals surface area contributed by atoms with Gasteiger partial charge in [0.2, 0.25) is 10.0 Å². The highest BCUT2D eigenvalue weighted by molar-refractivity contribution is 7.89. The number of pyridine rings is 2. The van der Waals surface area contributed by atoms with Gasteiger partial charge in [0.15, 0.2) is 11.6 Å². The van der Waals surface area contributed by atoms with Crippen LogP contribution in [-0.4, -0.2) is 31.2 Å². The number of nitrogen functional groups attached to an aromatic ring is 1. The fraction of sp³-hybridized carbons (Fsp3) is 0.0952. The van der Waals surface area contributed by atoms with Gasteiger partial charge in [0.1, 0.15) is 0 Å². The van der Waals surface area contributed by atoms with Crippen molar-refractivity contribution in [3.8, 4) is 5.75 Å². The monoisotopic (exact) mass is 421 g/mol. The molecule has 3 heterocycles. The van der Waals surface area contributed by atoms with Crippen LogP contribution < -0.4 is 15.6 Å². The minimum absolute atomic E-state index is 0.0393. The van der Waals surface area contributed by atoms with Crippen molar-refractivity contribution in [1.82, 2.24) is 9.97 Å². The molecule has 4 rings (SSSR count). The number of nitrogens with zero attached hydrogens (tertiary/aromatic N) is 3. The van der Waals surface area contributed by atoms with Gasteiger partial charge in [-0.25, -0.2) is 18.5 Å². The second kappa shape index (κ2) is 7.69. The summed E-state index contributed by atoms with van der Waals surface area (Å²) in [4.78, 5) is 13.2. The molecule has 0 aliphatic carbocycles. The molecule has 0 saturated carbocycles. The van der Waals surface area contributed by atoms with Crippen molar-refractivity contribution in [3.63, 3.8) is 0 Å². The van der Waals surface area contributed by atoms with Crippen molar-refractivity contribution in [3.05, 3.63) is 77.7 Å². The van der Waals surface area contributed by atoms with E-state index in [1.54, 1.807) is 24.7 Å². The van der Waals surface area contributed by atoms with Crippen LogP contribution in [0.4, 0.5) is 5.82 Å². The van der Waals surface area contributed by atoms with E-state index in [1.165, 1.54) is 19.2 Å². The van der Waals surface area contributed by atoms with Gasteiger partial charge in [-0.2, -0.15) is 0 Å². The van der Waals surface area contributed by atoms with E-state index < -0.39 is 10.0 Å². The molecule has 0 atom stereocenters. The Hall–Kier alpha value is -3.56. The second-order valence-corrected chi connectivity index (χ2v) is 8.24. The smallest absolute Gasteiger partial charge is 0.238 e. The number of rotatable bonds is 5. The van der Waals surface area contributed by atoms with Crippen LogP contribution in [0, 0.1) is 0 Å². The largest absolute Gasteiger partial charge is 0.493 e. The SMILES string of the molecule is COc1cc(C2=C(c3ccncc3)N=C(c3cccc(S(N)(=O)=O)c3)C2)cnc1N. The van der Waals surface area contributed by atoms with Gasteiger partial charge in [-0.3, -0.25) is 9.98 Å². The Balaban J connectivity index is 1.83. The summed E-state index contributed by atoms with van der Waals surface area (Å²) in [6.45, 7) is 0. The molecule has 0 amide bonds. The lowest BCUT2D eigenvalue weighted by Crippen LogP contribution is -2.13. The first kappa shape index (κ1) is 19.7. The summed E-state index contributed by atoms with van der Waals surface area (Å²) in [5, 5.41) is 5.29. The second-order valence-electron chi connectivity index (χ2n) is 6.68. The van der Waals surface area contributed by atoms with E-state index in [0.717, 1.165) is 28.1 Å². The first-order chi connectivity index (χ1) is 14.4. The van der Waals surface area contributed by atoms with Crippen LogP contribution in [0.25, 0.3) is 11.3 Å². The van der Waals surface area contributed by atoms with Crippen LogP contribution in [-0.2, 0) is 10.0 Å². The lowest BCUT2D eigenvalue weighted by Gasteiger charge is -2.10. The first-order valence-electron chi connectivity index (χ1n) is 9.01. The topological polar surface area (TPSA) is 134 Å². The summed E-state index contributed by atoms with van der Waals surface area (Å²) >= 11 is 0. The van der Waals surface area contributed by atoms with Gasteiger partial charge in [0.25, 0.3) is 0 Å². The van der Waals surface area contributed by atoms with Gasteiger partial charge in [-0.15, -0.1) is 0 Å². The summed E-state index contributed by atoms with van der Waals surface area (Å²) in [7, 11) is -2.28. The molecule has 2 aromatic heterocycles. The van der Waals surface area contributed by atoms with Gasteiger partial charge in [0, 0.05) is 36.1 Å². The molecule has 0 spiro atoms. The van der Waals surface area contributed by atoms with E-state index in [4.69, 9.17) is 20.6 Å². The standard InChI is InChI=1S/C21H19N5O3S/c1-29-19-10-15(12-25-21(19)22)17-11-18(26-20(17)13-5-7-24-8-6-13)14-3-2-4-16(9-14)30(23,27)28/h2-10,12H,11H2,1H3,(H2,22,25)(H2,23,27,28). The molecule has 1 aromatic carbocycles. The van der Waals surface area contributed by atoms with Crippen molar-refractivity contribution in [2.75, 3.05) is 12.8 Å². The fourth-order valence-electron chi connectivity index (χ4n) is 3.28. The third-order valence-electron chi connectivity index (χ3n) is 4.78. The first-order valence-corrected chi connectivity index (χ1v) is 10.6. The van der Waals surface area contributed by atoms with Crippen molar-refractivity contribution in [2.45, 2.75) is 11.3 Å². The summed E-state index contributed by atoms with van der Waals surface area (Å²) in [5.74, 6) is 0.769. The maximum absolute atomic E-state index is 11.8. The predicted octanol–water partition coefficient (Wildman–Crippen LogP) is 2.48. The molecule has 30 heavy (non-hydrogen) atoms. The van der Waals surface area contributed by atoms with E-state index in [1.807, 2.05) is 24.3 Å². The average molecular weight is 421 g/mol. The normalized spacial score (nSPS) is 14.0. The number of primary sulfonamides is 1. The molecule has 0 saturated heterocycles. The third-order valence-corrected chi connectivity index (χ3v) is 5.69. The molecule has 152 valence electrons. The van der Waals surface area contributed by atoms with E-state index in [2.05, 4.69) is 9.97 Å². The molecule has 4 N–H and O–H groups in total. The van der Waals surface area contributed by atoms with Crippen molar-refractivity contribution < 1.29 is 13.2 Å². The van der Waals surface area contributed by atoms with E-state index >= 15 is 0 Å². The highest BCUT2D eigenvalue weighted by Crippen LogP contribution is 2.38. The Kier molecular flexibility index (Phi) is 5.06. The quantitative estimate of drug-likeness (QED) is 0.650. The average Bonchev–Trinajstić information content (AvgIpc) is 3.20. The van der Waals surface area contributed by atoms with Gasteiger partial charge in [-0.1, -0.05) is 12.1 Å². The Morgan fingerprint density at radius 3 is 2.50 bits per heavy atom. The molecule has 1 aliphatic heterocycles. The van der Waals surface area contributed by atoms with Crippen molar-refractivity contribution in [1.29, 1.82) is 0 Å². The maximum atomic E-state index is 11.8. The van der Waals surface area contributed by atoms with Crippen molar-refractivity contribution in [2.24, 2.45) is 10.1 Å². The Morgan fingerprint density at radius 1 is 1.03 bits per heavy atom. The molecule has 8 nitrogen and oxygen atoms in total. The molecule has 0 unspecified atom stereocenters. The number of ether oxygens (including phenoxy) is 1. The highest BCUT2D eigenvalue weighted by Gasteiger charge is 2.23. The summed E-state index contributed by atoms with van der Waals surface area (Å²) in [5.41, 5.74) is 10.6. The van der Waals surface area contributed by atoms with Gasteiger partial charge >= 0.3 is 0 Å². The summed E-state index contributed by atoms with van der Waals surface area (Å²) in [6, 6.07) is 12.0. The molecular formula is C21H19N5O3S. The van der Waals surface area contributed by atoms with Crippen LogP contribution in [0.5, 0.6) is 5.75 Å². The fourth-order valence-corrected chi connectivity index (χ4v) is 3.84. The maximum Gasteiger partial charge on any atom is 0.238 e. The zero-order valence-electron chi connectivity index (χ0n) is 16.1. The number of allylic oxidation sites excluding steroid dienone is 1. The number of benzene rings is 1. The zero-order chi connectivity index (χ0) is 21.3. The third kappa shape index (κ3) is 3.80. The van der Waals surface area contributed by atoms with Crippen LogP contribution in [0.3, 0.4) is 0 Å². The van der Waals surface area contributed by atoms with Crippen molar-refractivity contribution >= 4 is 32.8 Å². The Labute approximate surface area is 174 Å². The van der Waals surface area contributed by atoms with Gasteiger partial charge in [0.05, 0.1) is 23.4 Å². The van der Waals surface area contributed by atoms with Gasteiger partial charge in [-0.05, 0) is 41.5 Å². The van der Waals surface area contributed by atoms with E-state index in [-0.39, 0.29) is 4.90 Å². The number of aliphatic imine (C=N–C) groups is 1. The van der Waals surface area contributed by atoms with Crippen LogP contribution in [0.1, 0.15) is 23.1 Å². The minimum atomic E-state index is -3.82. The molecule has 0 radical (unpaired) electrons. The number of aromatic nitrogens is 2. The lowest BCUT2D eigenvalue weighted by molar-refractivity contribution is 0.415. The molecule has 0 bridgehead atoms. The number of methoxy groups -OCH3 is 1. The molecule has 1 aliphatic rings. The molecule has 0 fully saturated rings.